The van der Waals surface area contributed by atoms with Crippen molar-refractivity contribution < 1.29 is 9.18 Å². The van der Waals surface area contributed by atoms with E-state index in [0.29, 0.717) is 12.1 Å². The highest BCUT2D eigenvalue weighted by molar-refractivity contribution is 5.96. The summed E-state index contributed by atoms with van der Waals surface area (Å²) >= 11 is 0. The number of anilines is 2. The Kier molecular flexibility index (Phi) is 3.48. The molecule has 1 aromatic carbocycles. The predicted octanol–water partition coefficient (Wildman–Crippen LogP) is 2.01. The van der Waals surface area contributed by atoms with E-state index in [1.165, 1.54) is 17.0 Å². The summed E-state index contributed by atoms with van der Waals surface area (Å²) in [6.45, 7) is 0.578. The van der Waals surface area contributed by atoms with Crippen molar-refractivity contribution in [3.8, 4) is 0 Å². The van der Waals surface area contributed by atoms with Crippen molar-refractivity contribution in [1.29, 1.82) is 0 Å². The Balaban J connectivity index is 1.97. The molecule has 1 unspecified atom stereocenters. The van der Waals surface area contributed by atoms with Crippen LogP contribution in [-0.2, 0) is 4.79 Å². The fourth-order valence-corrected chi connectivity index (χ4v) is 2.53. The highest BCUT2D eigenvalue weighted by Gasteiger charge is 2.32. The Bertz CT molecular complexity index is 802. The number of carbonyl (C=O) groups excluding carboxylic acids is 1. The molecule has 1 aliphatic heterocycles. The third-order valence-electron chi connectivity index (χ3n) is 3.54. The molecule has 0 radical (unpaired) electrons. The van der Waals surface area contributed by atoms with Crippen molar-refractivity contribution in [2.45, 2.75) is 6.42 Å². The number of carbonyl (C=O) groups is 1. The number of nitrogens with two attached hydrogens (primary N) is 1. The van der Waals surface area contributed by atoms with Crippen LogP contribution < -0.4 is 10.6 Å². The van der Waals surface area contributed by atoms with Crippen LogP contribution in [0.4, 0.5) is 16.2 Å². The van der Waals surface area contributed by atoms with Gasteiger partial charge in [0.25, 0.3) is 0 Å². The van der Waals surface area contributed by atoms with Gasteiger partial charge in [0.1, 0.15) is 11.6 Å². The standard InChI is InChI=1S/C13H12FN7O/c14-8-2-1-3-9-11(8)12(15)19-13(18-9)21-6-7(4-10(21)22)5-17-20-16/h1-3,7H,4-6H2,(H2,15,18,19). The molecule has 1 amide bonds. The quantitative estimate of drug-likeness (QED) is 0.529. The topological polar surface area (TPSA) is 121 Å². The monoisotopic (exact) mass is 301 g/mol. The first-order valence-electron chi connectivity index (χ1n) is 6.63. The van der Waals surface area contributed by atoms with Crippen LogP contribution in [0.25, 0.3) is 21.3 Å². The van der Waals surface area contributed by atoms with Gasteiger partial charge >= 0.3 is 0 Å². The Morgan fingerprint density at radius 3 is 3.09 bits per heavy atom. The molecule has 22 heavy (non-hydrogen) atoms. The number of hydrogen-bond donors (Lipinski definition) is 1. The number of azide groups is 1. The number of fused-ring (bicyclic) bond motifs is 1. The first-order valence-corrected chi connectivity index (χ1v) is 6.63. The van der Waals surface area contributed by atoms with Gasteiger partial charge in [0.05, 0.1) is 10.9 Å². The zero-order valence-corrected chi connectivity index (χ0v) is 11.5. The SMILES string of the molecule is [N-]=[N+]=NCC1CC(=O)N(c2nc(N)c3c(F)cccc3n2)C1. The fraction of sp³-hybridized carbons (Fsp3) is 0.308. The first-order chi connectivity index (χ1) is 10.6. The number of amides is 1. The third kappa shape index (κ3) is 2.38. The van der Waals surface area contributed by atoms with E-state index in [9.17, 15) is 9.18 Å². The summed E-state index contributed by atoms with van der Waals surface area (Å²) in [6, 6.07) is 4.40. The van der Waals surface area contributed by atoms with E-state index >= 15 is 0 Å². The van der Waals surface area contributed by atoms with E-state index < -0.39 is 5.82 Å². The van der Waals surface area contributed by atoms with E-state index in [1.807, 2.05) is 0 Å². The maximum Gasteiger partial charge on any atom is 0.234 e. The van der Waals surface area contributed by atoms with Crippen molar-refractivity contribution in [3.05, 3.63) is 34.5 Å². The number of hydrogen-bond acceptors (Lipinski definition) is 5. The number of rotatable bonds is 3. The number of aromatic nitrogens is 2. The minimum absolute atomic E-state index is 0.00982. The molecule has 3 rings (SSSR count). The molecule has 0 aliphatic carbocycles. The van der Waals surface area contributed by atoms with Crippen LogP contribution in [0.2, 0.25) is 0 Å². The molecule has 0 bridgehead atoms. The lowest BCUT2D eigenvalue weighted by molar-refractivity contribution is -0.117. The van der Waals surface area contributed by atoms with Crippen molar-refractivity contribution in [2.75, 3.05) is 23.7 Å². The summed E-state index contributed by atoms with van der Waals surface area (Å²) in [5.74, 6) is -0.631. The van der Waals surface area contributed by atoms with Crippen LogP contribution in [0.1, 0.15) is 6.42 Å². The number of halogens is 1. The molecule has 1 aromatic heterocycles. The first kappa shape index (κ1) is 14.0. The van der Waals surface area contributed by atoms with Crippen molar-refractivity contribution in [1.82, 2.24) is 9.97 Å². The van der Waals surface area contributed by atoms with Gasteiger partial charge < -0.3 is 5.73 Å². The van der Waals surface area contributed by atoms with Crippen LogP contribution in [0.15, 0.2) is 23.3 Å². The summed E-state index contributed by atoms with van der Waals surface area (Å²) in [7, 11) is 0. The van der Waals surface area contributed by atoms with Gasteiger partial charge in [0.15, 0.2) is 0 Å². The molecule has 8 nitrogen and oxygen atoms in total. The summed E-state index contributed by atoms with van der Waals surface area (Å²) in [6.07, 6.45) is 0.253. The van der Waals surface area contributed by atoms with E-state index in [2.05, 4.69) is 20.0 Å². The number of benzene rings is 1. The number of nitrogen functional groups attached to an aromatic ring is 1. The van der Waals surface area contributed by atoms with Crippen molar-refractivity contribution in [3.63, 3.8) is 0 Å². The van der Waals surface area contributed by atoms with Crippen LogP contribution in [0.3, 0.4) is 0 Å². The van der Waals surface area contributed by atoms with Crippen LogP contribution >= 0.6 is 0 Å². The van der Waals surface area contributed by atoms with Crippen molar-refractivity contribution in [2.24, 2.45) is 11.0 Å². The largest absolute Gasteiger partial charge is 0.383 e. The maximum absolute atomic E-state index is 13.7. The molecule has 0 spiro atoms. The lowest BCUT2D eigenvalue weighted by Crippen LogP contribution is -2.27. The summed E-state index contributed by atoms with van der Waals surface area (Å²) in [5, 5.41) is 3.62. The molecule has 1 aliphatic rings. The third-order valence-corrected chi connectivity index (χ3v) is 3.54. The van der Waals surface area contributed by atoms with Gasteiger partial charge in [-0.05, 0) is 23.6 Å². The molecule has 1 fully saturated rings. The maximum atomic E-state index is 13.7. The van der Waals surface area contributed by atoms with Gasteiger partial charge in [0, 0.05) is 24.4 Å². The van der Waals surface area contributed by atoms with Gasteiger partial charge in [-0.2, -0.15) is 4.98 Å². The average Bonchev–Trinajstić information content (AvgIpc) is 2.86. The lowest BCUT2D eigenvalue weighted by atomic mass is 10.1. The van der Waals surface area contributed by atoms with E-state index in [1.54, 1.807) is 6.07 Å². The lowest BCUT2D eigenvalue weighted by Gasteiger charge is -2.15. The normalized spacial score (nSPS) is 17.8. The van der Waals surface area contributed by atoms with Gasteiger partial charge in [-0.1, -0.05) is 11.2 Å². The Morgan fingerprint density at radius 2 is 2.32 bits per heavy atom. The van der Waals surface area contributed by atoms with Crippen LogP contribution in [-0.4, -0.2) is 29.0 Å². The molecule has 112 valence electrons. The molecule has 9 heteroatoms. The molecule has 0 saturated carbocycles. The molecule has 1 atom stereocenters. The van der Waals surface area contributed by atoms with Gasteiger partial charge in [0.2, 0.25) is 11.9 Å². The summed E-state index contributed by atoms with van der Waals surface area (Å²) in [4.78, 5) is 24.4. The fourth-order valence-electron chi connectivity index (χ4n) is 2.53. The number of nitrogens with zero attached hydrogens (tertiary/aromatic N) is 6. The second kappa shape index (κ2) is 5.45. The minimum atomic E-state index is -0.504. The summed E-state index contributed by atoms with van der Waals surface area (Å²) < 4.78 is 13.7. The Labute approximate surface area is 124 Å². The van der Waals surface area contributed by atoms with E-state index in [0.717, 1.165) is 0 Å². The molecule has 2 aromatic rings. The zero-order chi connectivity index (χ0) is 15.7. The second-order valence-corrected chi connectivity index (χ2v) is 5.03. The average molecular weight is 301 g/mol. The molecular weight excluding hydrogens is 289 g/mol. The Hall–Kier alpha value is -2.93. The highest BCUT2D eigenvalue weighted by Crippen LogP contribution is 2.27. The molecule has 2 heterocycles. The molecule has 1 saturated heterocycles. The Morgan fingerprint density at radius 1 is 1.50 bits per heavy atom. The highest BCUT2D eigenvalue weighted by atomic mass is 19.1. The molecule has 2 N–H and O–H groups in total. The van der Waals surface area contributed by atoms with Crippen LogP contribution in [0.5, 0.6) is 0 Å². The van der Waals surface area contributed by atoms with Crippen molar-refractivity contribution >= 4 is 28.6 Å². The van der Waals surface area contributed by atoms with E-state index in [4.69, 9.17) is 11.3 Å². The van der Waals surface area contributed by atoms with Gasteiger partial charge in [-0.15, -0.1) is 0 Å². The molecular formula is C13H12FN7O. The van der Waals surface area contributed by atoms with E-state index in [-0.39, 0.29) is 41.9 Å². The minimum Gasteiger partial charge on any atom is -0.383 e. The summed E-state index contributed by atoms with van der Waals surface area (Å²) in [5.41, 5.74) is 14.5. The van der Waals surface area contributed by atoms with Gasteiger partial charge in [-0.25, -0.2) is 9.37 Å². The smallest absolute Gasteiger partial charge is 0.234 e. The second-order valence-electron chi connectivity index (χ2n) is 5.03. The zero-order valence-electron chi connectivity index (χ0n) is 11.5. The van der Waals surface area contributed by atoms with Crippen LogP contribution in [0, 0.1) is 11.7 Å². The predicted molar refractivity (Wildman–Crippen MR) is 78.4 cm³/mol. The van der Waals surface area contributed by atoms with Gasteiger partial charge in [-0.3, -0.25) is 9.69 Å².